The monoisotopic (exact) mass is 409 g/mol. The minimum absolute atomic E-state index is 0.00678. The molecular weight excluding hydrogens is 393 g/mol. The van der Waals surface area contributed by atoms with E-state index in [1.54, 1.807) is 65.7 Å². The van der Waals surface area contributed by atoms with Crippen molar-refractivity contribution in [2.75, 3.05) is 4.90 Å². The molecule has 2 heterocycles. The Morgan fingerprint density at radius 2 is 1.86 bits per heavy atom. The molecule has 7 heteroatoms. The van der Waals surface area contributed by atoms with Crippen molar-refractivity contribution in [3.63, 3.8) is 0 Å². The topological polar surface area (TPSA) is 62.3 Å². The van der Waals surface area contributed by atoms with Gasteiger partial charge in [0.05, 0.1) is 23.7 Å². The molecule has 1 N–H and O–H groups in total. The van der Waals surface area contributed by atoms with E-state index in [1.165, 1.54) is 6.07 Å². The fourth-order valence-corrected chi connectivity index (χ4v) is 3.55. The van der Waals surface area contributed by atoms with Gasteiger partial charge < -0.3 is 5.32 Å². The van der Waals surface area contributed by atoms with Gasteiger partial charge in [0.25, 0.3) is 5.91 Å². The number of aromatic nitrogens is 1. The van der Waals surface area contributed by atoms with Gasteiger partial charge in [-0.2, -0.15) is 0 Å². The van der Waals surface area contributed by atoms with Crippen LogP contribution in [0.2, 0.25) is 5.02 Å². The lowest BCUT2D eigenvalue weighted by Crippen LogP contribution is -2.33. The molecule has 1 aromatic heterocycles. The molecule has 1 aliphatic heterocycles. The zero-order valence-corrected chi connectivity index (χ0v) is 16.1. The Bertz CT molecular complexity index is 1070. The molecular formula is C22H17ClFN3O2. The second-order valence-corrected chi connectivity index (χ2v) is 7.11. The summed E-state index contributed by atoms with van der Waals surface area (Å²) < 4.78 is 13.8. The van der Waals surface area contributed by atoms with Gasteiger partial charge >= 0.3 is 0 Å². The van der Waals surface area contributed by atoms with Crippen LogP contribution in [-0.2, 0) is 11.3 Å². The molecule has 0 saturated heterocycles. The zero-order chi connectivity index (χ0) is 20.4. The molecule has 146 valence electrons. The van der Waals surface area contributed by atoms with Gasteiger partial charge in [0.15, 0.2) is 0 Å². The lowest BCUT2D eigenvalue weighted by molar-refractivity contribution is -0.121. The number of pyridine rings is 1. The van der Waals surface area contributed by atoms with Crippen molar-refractivity contribution in [1.82, 2.24) is 10.3 Å². The first-order valence-electron chi connectivity index (χ1n) is 9.09. The van der Waals surface area contributed by atoms with Gasteiger partial charge in [-0.05, 0) is 42.5 Å². The Balaban J connectivity index is 1.57. The number of nitrogens with one attached hydrogen (secondary N) is 1. The van der Waals surface area contributed by atoms with Crippen molar-refractivity contribution >= 4 is 29.1 Å². The van der Waals surface area contributed by atoms with E-state index in [9.17, 15) is 14.0 Å². The maximum Gasteiger partial charge on any atom is 0.260 e. The van der Waals surface area contributed by atoms with E-state index in [0.717, 1.165) is 0 Å². The van der Waals surface area contributed by atoms with Gasteiger partial charge in [-0.15, -0.1) is 0 Å². The van der Waals surface area contributed by atoms with Crippen molar-refractivity contribution in [3.05, 3.63) is 94.5 Å². The second-order valence-electron chi connectivity index (χ2n) is 6.68. The quantitative estimate of drug-likeness (QED) is 0.684. The predicted octanol–water partition coefficient (Wildman–Crippen LogP) is 4.28. The van der Waals surface area contributed by atoms with Gasteiger partial charge in [0.1, 0.15) is 5.82 Å². The van der Waals surface area contributed by atoms with Crippen LogP contribution < -0.4 is 10.2 Å². The van der Waals surface area contributed by atoms with Crippen molar-refractivity contribution in [1.29, 1.82) is 0 Å². The number of nitrogens with zero attached hydrogens (tertiary/aromatic N) is 2. The van der Waals surface area contributed by atoms with Crippen LogP contribution >= 0.6 is 11.6 Å². The van der Waals surface area contributed by atoms with Crippen LogP contribution in [0.15, 0.2) is 66.9 Å². The van der Waals surface area contributed by atoms with Crippen LogP contribution in [0.3, 0.4) is 0 Å². The van der Waals surface area contributed by atoms with Gasteiger partial charge in [0, 0.05) is 29.0 Å². The van der Waals surface area contributed by atoms with Gasteiger partial charge in [-0.25, -0.2) is 4.39 Å². The smallest absolute Gasteiger partial charge is 0.260 e. The van der Waals surface area contributed by atoms with E-state index in [1.807, 2.05) is 0 Å². The summed E-state index contributed by atoms with van der Waals surface area (Å²) >= 11 is 5.97. The van der Waals surface area contributed by atoms with Crippen LogP contribution in [-0.4, -0.2) is 16.8 Å². The van der Waals surface area contributed by atoms with Crippen molar-refractivity contribution in [3.8, 4) is 0 Å². The number of amides is 2. The molecule has 2 aromatic carbocycles. The molecule has 3 aromatic rings. The number of hydrogen-bond acceptors (Lipinski definition) is 3. The molecule has 0 radical (unpaired) electrons. The first-order valence-corrected chi connectivity index (χ1v) is 9.46. The van der Waals surface area contributed by atoms with Crippen LogP contribution in [0.4, 0.5) is 10.1 Å². The highest BCUT2D eigenvalue weighted by Gasteiger charge is 2.39. The summed E-state index contributed by atoms with van der Waals surface area (Å²) in [5.41, 5.74) is 2.04. The van der Waals surface area contributed by atoms with Gasteiger partial charge in [-0.1, -0.05) is 29.8 Å². The SMILES string of the molecule is O=C(CC1c2ncccc2C(=O)N1c1ccc(Cl)cc1)NCc1ccccc1F. The number of benzene rings is 2. The number of rotatable bonds is 5. The summed E-state index contributed by atoms with van der Waals surface area (Å²) in [6.45, 7) is 0.0716. The van der Waals surface area contributed by atoms with E-state index in [2.05, 4.69) is 10.3 Å². The number of halogens is 2. The molecule has 29 heavy (non-hydrogen) atoms. The van der Waals surface area contributed by atoms with Gasteiger partial charge in [-0.3, -0.25) is 19.5 Å². The van der Waals surface area contributed by atoms with E-state index < -0.39 is 6.04 Å². The first kappa shape index (κ1) is 19.1. The molecule has 5 nitrogen and oxygen atoms in total. The number of anilines is 1. The molecule has 0 aliphatic carbocycles. The molecule has 1 atom stereocenters. The predicted molar refractivity (Wildman–Crippen MR) is 108 cm³/mol. The summed E-state index contributed by atoms with van der Waals surface area (Å²) in [6.07, 6.45) is 1.61. The highest BCUT2D eigenvalue weighted by molar-refractivity contribution is 6.30. The molecule has 2 amide bonds. The molecule has 4 rings (SSSR count). The van der Waals surface area contributed by atoms with Crippen LogP contribution in [0, 0.1) is 5.82 Å². The van der Waals surface area contributed by atoms with E-state index >= 15 is 0 Å². The maximum absolute atomic E-state index is 13.8. The van der Waals surface area contributed by atoms with E-state index in [-0.39, 0.29) is 30.6 Å². The maximum atomic E-state index is 13.8. The minimum Gasteiger partial charge on any atom is -0.352 e. The summed E-state index contributed by atoms with van der Waals surface area (Å²) in [4.78, 5) is 31.5. The third kappa shape index (κ3) is 3.84. The largest absolute Gasteiger partial charge is 0.352 e. The van der Waals surface area contributed by atoms with Crippen molar-refractivity contribution in [2.24, 2.45) is 0 Å². The Kier molecular flexibility index (Phi) is 5.27. The van der Waals surface area contributed by atoms with Crippen LogP contribution in [0.5, 0.6) is 0 Å². The summed E-state index contributed by atoms with van der Waals surface area (Å²) in [5, 5.41) is 3.28. The normalized spacial score (nSPS) is 15.3. The summed E-state index contributed by atoms with van der Waals surface area (Å²) in [7, 11) is 0. The average Bonchev–Trinajstić information content (AvgIpc) is 3.00. The molecule has 0 fully saturated rings. The zero-order valence-electron chi connectivity index (χ0n) is 15.3. The van der Waals surface area contributed by atoms with Crippen LogP contribution in [0.1, 0.15) is 34.1 Å². The Morgan fingerprint density at radius 1 is 1.10 bits per heavy atom. The first-order chi connectivity index (χ1) is 14.0. The Morgan fingerprint density at radius 3 is 2.62 bits per heavy atom. The second kappa shape index (κ2) is 8.01. The lowest BCUT2D eigenvalue weighted by Gasteiger charge is -2.24. The summed E-state index contributed by atoms with van der Waals surface area (Å²) in [6, 6.07) is 16.0. The van der Waals surface area contributed by atoms with Gasteiger partial charge in [0.2, 0.25) is 5.91 Å². The lowest BCUT2D eigenvalue weighted by atomic mass is 10.1. The number of carbonyl (C=O) groups is 2. The molecule has 0 bridgehead atoms. The average molecular weight is 410 g/mol. The minimum atomic E-state index is -0.555. The number of carbonyl (C=O) groups excluding carboxylic acids is 2. The standard InChI is InChI=1S/C22H17ClFN3O2/c23-15-7-9-16(10-8-15)27-19(21-17(22(27)29)5-3-11-25-21)12-20(28)26-13-14-4-1-2-6-18(14)24/h1-11,19H,12-13H2,(H,26,28). The third-order valence-electron chi connectivity index (χ3n) is 4.83. The molecule has 0 spiro atoms. The number of hydrogen-bond donors (Lipinski definition) is 1. The third-order valence-corrected chi connectivity index (χ3v) is 5.08. The number of fused-ring (bicyclic) bond motifs is 1. The fourth-order valence-electron chi connectivity index (χ4n) is 3.43. The Hall–Kier alpha value is -3.25. The molecule has 0 saturated carbocycles. The Labute approximate surface area is 172 Å². The highest BCUT2D eigenvalue weighted by atomic mass is 35.5. The van der Waals surface area contributed by atoms with Crippen molar-refractivity contribution in [2.45, 2.75) is 19.0 Å². The fraction of sp³-hybridized carbons (Fsp3) is 0.136. The van der Waals surface area contributed by atoms with E-state index in [0.29, 0.717) is 27.5 Å². The highest BCUT2D eigenvalue weighted by Crippen LogP contribution is 2.38. The van der Waals surface area contributed by atoms with Crippen molar-refractivity contribution < 1.29 is 14.0 Å². The summed E-state index contributed by atoms with van der Waals surface area (Å²) in [5.74, 6) is -0.899. The van der Waals surface area contributed by atoms with Crippen LogP contribution in [0.25, 0.3) is 0 Å². The molecule has 1 aliphatic rings. The van der Waals surface area contributed by atoms with E-state index in [4.69, 9.17) is 11.6 Å². The molecule has 1 unspecified atom stereocenters.